The van der Waals surface area contributed by atoms with E-state index in [-0.39, 0.29) is 24.3 Å². The number of carbonyl (C=O) groups excluding carboxylic acids is 1. The number of carbonyl (C=O) groups is 1. The number of aromatic hydroxyl groups is 1. The van der Waals surface area contributed by atoms with Gasteiger partial charge in [-0.15, -0.1) is 0 Å². The summed E-state index contributed by atoms with van der Waals surface area (Å²) in [4.78, 5) is 11.8. The molecule has 0 aliphatic carbocycles. The van der Waals surface area contributed by atoms with Crippen LogP contribution in [0.1, 0.15) is 23.7 Å². The van der Waals surface area contributed by atoms with Gasteiger partial charge in [0.05, 0.1) is 6.10 Å². The fourth-order valence-electron chi connectivity index (χ4n) is 1.99. The van der Waals surface area contributed by atoms with Gasteiger partial charge in [0.25, 0.3) is 5.91 Å². The number of rotatable bonds is 3. The highest BCUT2D eigenvalue weighted by Gasteiger charge is 2.39. The van der Waals surface area contributed by atoms with E-state index < -0.39 is 5.60 Å². The van der Waals surface area contributed by atoms with Crippen molar-refractivity contribution in [3.05, 3.63) is 29.8 Å². The molecular formula is C13H17NO4. The minimum absolute atomic E-state index is 0.0407. The van der Waals surface area contributed by atoms with Crippen LogP contribution in [0.15, 0.2) is 24.3 Å². The number of ether oxygens (including phenoxy) is 1. The maximum atomic E-state index is 11.8. The van der Waals surface area contributed by atoms with Gasteiger partial charge < -0.3 is 20.3 Å². The Morgan fingerprint density at radius 3 is 3.00 bits per heavy atom. The summed E-state index contributed by atoms with van der Waals surface area (Å²) in [7, 11) is 0. The molecule has 1 amide bonds. The molecule has 1 saturated heterocycles. The second kappa shape index (κ2) is 4.96. The minimum atomic E-state index is -1.01. The van der Waals surface area contributed by atoms with Gasteiger partial charge in [0, 0.05) is 25.1 Å². The van der Waals surface area contributed by atoms with Crippen molar-refractivity contribution >= 4 is 5.91 Å². The van der Waals surface area contributed by atoms with Crippen LogP contribution in [0.2, 0.25) is 0 Å². The number of amides is 1. The van der Waals surface area contributed by atoms with Gasteiger partial charge in [-0.2, -0.15) is 0 Å². The molecule has 0 spiro atoms. The Balaban J connectivity index is 1.96. The molecule has 1 aromatic rings. The summed E-state index contributed by atoms with van der Waals surface area (Å²) >= 11 is 0. The molecule has 2 atom stereocenters. The summed E-state index contributed by atoms with van der Waals surface area (Å²) in [6, 6.07) is 6.08. The van der Waals surface area contributed by atoms with Crippen molar-refractivity contribution in [2.24, 2.45) is 0 Å². The van der Waals surface area contributed by atoms with Crippen LogP contribution in [0.5, 0.6) is 5.75 Å². The predicted molar refractivity (Wildman–Crippen MR) is 65.4 cm³/mol. The molecule has 0 aromatic heterocycles. The van der Waals surface area contributed by atoms with Gasteiger partial charge in [-0.05, 0) is 25.1 Å². The average molecular weight is 251 g/mol. The summed E-state index contributed by atoms with van der Waals surface area (Å²) in [5.41, 5.74) is -0.642. The molecular weight excluding hydrogens is 234 g/mol. The van der Waals surface area contributed by atoms with Gasteiger partial charge >= 0.3 is 0 Å². The largest absolute Gasteiger partial charge is 0.508 e. The van der Waals surface area contributed by atoms with Crippen LogP contribution >= 0.6 is 0 Å². The lowest BCUT2D eigenvalue weighted by molar-refractivity contribution is -0.0251. The van der Waals surface area contributed by atoms with Crippen LogP contribution in [0.25, 0.3) is 0 Å². The lowest BCUT2D eigenvalue weighted by Gasteiger charge is -2.26. The van der Waals surface area contributed by atoms with Crippen molar-refractivity contribution in [3.8, 4) is 5.75 Å². The predicted octanol–water partition coefficient (Wildman–Crippen LogP) is 0.662. The number of aliphatic hydroxyl groups is 1. The molecule has 1 fully saturated rings. The molecule has 18 heavy (non-hydrogen) atoms. The molecule has 3 N–H and O–H groups in total. The van der Waals surface area contributed by atoms with Gasteiger partial charge in [-0.3, -0.25) is 4.79 Å². The molecule has 0 radical (unpaired) electrons. The Labute approximate surface area is 105 Å². The lowest BCUT2D eigenvalue weighted by Crippen LogP contribution is -2.47. The van der Waals surface area contributed by atoms with Gasteiger partial charge in [0.1, 0.15) is 11.4 Å². The summed E-state index contributed by atoms with van der Waals surface area (Å²) in [6.07, 6.45) is 0.219. The maximum absolute atomic E-state index is 11.8. The maximum Gasteiger partial charge on any atom is 0.251 e. The van der Waals surface area contributed by atoms with Gasteiger partial charge in [0.2, 0.25) is 0 Å². The molecule has 1 heterocycles. The molecule has 1 aliphatic heterocycles. The molecule has 1 aliphatic rings. The number of benzene rings is 1. The molecule has 0 bridgehead atoms. The zero-order valence-corrected chi connectivity index (χ0v) is 10.2. The molecule has 0 saturated carbocycles. The molecule has 5 nitrogen and oxygen atoms in total. The summed E-state index contributed by atoms with van der Waals surface area (Å²) in [6.45, 7) is 2.43. The first kappa shape index (κ1) is 12.9. The molecule has 98 valence electrons. The highest BCUT2D eigenvalue weighted by Crippen LogP contribution is 2.24. The Bertz CT molecular complexity index is 448. The van der Waals surface area contributed by atoms with Gasteiger partial charge in [0.15, 0.2) is 0 Å². The zero-order chi connectivity index (χ0) is 13.2. The number of nitrogens with one attached hydrogen (secondary N) is 1. The van der Waals surface area contributed by atoms with Gasteiger partial charge in [-0.25, -0.2) is 0 Å². The van der Waals surface area contributed by atoms with E-state index in [0.717, 1.165) is 0 Å². The van der Waals surface area contributed by atoms with E-state index in [4.69, 9.17) is 4.74 Å². The standard InChI is InChI=1S/C13H17NO4/c1-9-13(17,5-6-18-9)8-14-12(16)10-3-2-4-11(15)7-10/h2-4,7,9,15,17H,5-6,8H2,1H3,(H,14,16). The number of phenolic OH excluding ortho intramolecular Hbond substituents is 1. The Hall–Kier alpha value is -1.59. The second-order valence-electron chi connectivity index (χ2n) is 4.60. The quantitative estimate of drug-likeness (QED) is 0.737. The Morgan fingerprint density at radius 1 is 1.61 bits per heavy atom. The van der Waals surface area contributed by atoms with E-state index in [1.54, 1.807) is 19.1 Å². The van der Waals surface area contributed by atoms with Crippen LogP contribution in [0.3, 0.4) is 0 Å². The van der Waals surface area contributed by atoms with Crippen molar-refractivity contribution in [2.45, 2.75) is 25.0 Å². The fraction of sp³-hybridized carbons (Fsp3) is 0.462. The van der Waals surface area contributed by atoms with E-state index >= 15 is 0 Å². The van der Waals surface area contributed by atoms with Crippen LogP contribution in [0.4, 0.5) is 0 Å². The van der Waals surface area contributed by atoms with Crippen molar-refractivity contribution in [1.29, 1.82) is 0 Å². The van der Waals surface area contributed by atoms with Crippen LogP contribution in [-0.4, -0.2) is 41.0 Å². The topological polar surface area (TPSA) is 78.8 Å². The third-order valence-corrected chi connectivity index (χ3v) is 3.32. The smallest absolute Gasteiger partial charge is 0.251 e. The highest BCUT2D eigenvalue weighted by molar-refractivity contribution is 5.94. The van der Waals surface area contributed by atoms with E-state index in [1.165, 1.54) is 12.1 Å². The molecule has 2 unspecified atom stereocenters. The third kappa shape index (κ3) is 2.63. The van der Waals surface area contributed by atoms with E-state index in [1.807, 2.05) is 0 Å². The zero-order valence-electron chi connectivity index (χ0n) is 10.2. The molecule has 5 heteroatoms. The number of phenols is 1. The minimum Gasteiger partial charge on any atom is -0.508 e. The first-order chi connectivity index (χ1) is 8.51. The first-order valence-electron chi connectivity index (χ1n) is 5.92. The van der Waals surface area contributed by atoms with E-state index in [2.05, 4.69) is 5.32 Å². The first-order valence-corrected chi connectivity index (χ1v) is 5.92. The van der Waals surface area contributed by atoms with Crippen LogP contribution in [-0.2, 0) is 4.74 Å². The monoisotopic (exact) mass is 251 g/mol. The lowest BCUT2D eigenvalue weighted by atomic mass is 9.96. The van der Waals surface area contributed by atoms with Crippen molar-refractivity contribution in [3.63, 3.8) is 0 Å². The Morgan fingerprint density at radius 2 is 2.39 bits per heavy atom. The molecule has 1 aromatic carbocycles. The van der Waals surface area contributed by atoms with Crippen molar-refractivity contribution < 1.29 is 19.7 Å². The average Bonchev–Trinajstić information content (AvgIpc) is 2.67. The van der Waals surface area contributed by atoms with E-state index in [9.17, 15) is 15.0 Å². The Kier molecular flexibility index (Phi) is 3.54. The number of hydrogen-bond donors (Lipinski definition) is 3. The summed E-state index contributed by atoms with van der Waals surface area (Å²) in [5, 5.41) is 22.2. The molecule has 2 rings (SSSR count). The van der Waals surface area contributed by atoms with E-state index in [0.29, 0.717) is 18.6 Å². The SMILES string of the molecule is CC1OCCC1(O)CNC(=O)c1cccc(O)c1. The second-order valence-corrected chi connectivity index (χ2v) is 4.60. The van der Waals surface area contributed by atoms with Gasteiger partial charge in [-0.1, -0.05) is 6.07 Å². The summed E-state index contributed by atoms with van der Waals surface area (Å²) in [5.74, 6) is -0.280. The third-order valence-electron chi connectivity index (χ3n) is 3.32. The summed E-state index contributed by atoms with van der Waals surface area (Å²) < 4.78 is 5.28. The van der Waals surface area contributed by atoms with Crippen LogP contribution < -0.4 is 5.32 Å². The van der Waals surface area contributed by atoms with Crippen molar-refractivity contribution in [2.75, 3.05) is 13.2 Å². The number of hydrogen-bond acceptors (Lipinski definition) is 4. The fourth-order valence-corrected chi connectivity index (χ4v) is 1.99. The normalized spacial score (nSPS) is 27.1. The van der Waals surface area contributed by atoms with Crippen molar-refractivity contribution in [1.82, 2.24) is 5.32 Å². The highest BCUT2D eigenvalue weighted by atomic mass is 16.5. The van der Waals surface area contributed by atoms with Crippen LogP contribution in [0, 0.1) is 0 Å².